The minimum atomic E-state index is -0.467. The van der Waals surface area contributed by atoms with Crippen LogP contribution in [0.2, 0.25) is 0 Å². The first kappa shape index (κ1) is 15.9. The van der Waals surface area contributed by atoms with Crippen molar-refractivity contribution >= 4 is 5.97 Å². The van der Waals surface area contributed by atoms with Crippen LogP contribution in [-0.2, 0) is 19.0 Å². The molecule has 0 aromatic heterocycles. The van der Waals surface area contributed by atoms with Crippen LogP contribution < -0.4 is 0 Å². The highest BCUT2D eigenvalue weighted by atomic mass is 16.7. The molecule has 2 aliphatic heterocycles. The standard InChI is InChI=1S/C18H28O4/c1-18(2,3)22-16(19)14-11-13-9-10-20-17(13)21-15(14)12-7-5-4-6-8-12/h12-13,17H,4-11H2,1-3H3. The Morgan fingerprint density at radius 2 is 1.86 bits per heavy atom. The number of hydrogen-bond acceptors (Lipinski definition) is 4. The van der Waals surface area contributed by atoms with Gasteiger partial charge in [0.1, 0.15) is 11.4 Å². The summed E-state index contributed by atoms with van der Waals surface area (Å²) in [6.45, 7) is 6.47. The zero-order valence-electron chi connectivity index (χ0n) is 14.0. The van der Waals surface area contributed by atoms with Gasteiger partial charge in [0.15, 0.2) is 0 Å². The zero-order valence-corrected chi connectivity index (χ0v) is 14.0. The van der Waals surface area contributed by atoms with E-state index in [0.29, 0.717) is 11.8 Å². The van der Waals surface area contributed by atoms with Crippen LogP contribution in [-0.4, -0.2) is 24.5 Å². The van der Waals surface area contributed by atoms with Crippen LogP contribution in [0, 0.1) is 11.8 Å². The summed E-state index contributed by atoms with van der Waals surface area (Å²) in [7, 11) is 0. The highest BCUT2D eigenvalue weighted by Crippen LogP contribution is 2.42. The van der Waals surface area contributed by atoms with E-state index in [9.17, 15) is 4.79 Å². The van der Waals surface area contributed by atoms with Gasteiger partial charge in [-0.2, -0.15) is 0 Å². The Kier molecular flexibility index (Phi) is 4.49. The normalized spacial score (nSPS) is 30.0. The molecule has 0 spiro atoms. The van der Waals surface area contributed by atoms with Crippen molar-refractivity contribution in [3.8, 4) is 0 Å². The van der Waals surface area contributed by atoms with Crippen molar-refractivity contribution in [2.24, 2.45) is 11.8 Å². The van der Waals surface area contributed by atoms with Crippen LogP contribution >= 0.6 is 0 Å². The Balaban J connectivity index is 1.85. The number of esters is 1. The maximum atomic E-state index is 12.7. The molecule has 22 heavy (non-hydrogen) atoms. The fourth-order valence-electron chi connectivity index (χ4n) is 3.73. The van der Waals surface area contributed by atoms with Gasteiger partial charge in [0, 0.05) is 11.8 Å². The fraction of sp³-hybridized carbons (Fsp3) is 0.833. The summed E-state index contributed by atoms with van der Waals surface area (Å²) in [6, 6.07) is 0. The molecule has 0 amide bonds. The average molecular weight is 308 g/mol. The first-order chi connectivity index (χ1) is 10.4. The van der Waals surface area contributed by atoms with Gasteiger partial charge >= 0.3 is 5.97 Å². The molecule has 2 atom stereocenters. The molecule has 0 bridgehead atoms. The molecule has 4 heteroatoms. The lowest BCUT2D eigenvalue weighted by atomic mass is 9.83. The average Bonchev–Trinajstić information content (AvgIpc) is 2.92. The van der Waals surface area contributed by atoms with Gasteiger partial charge < -0.3 is 14.2 Å². The van der Waals surface area contributed by atoms with E-state index in [2.05, 4.69) is 0 Å². The van der Waals surface area contributed by atoms with Gasteiger partial charge in [-0.05, 0) is 46.5 Å². The second-order valence-corrected chi connectivity index (χ2v) is 7.79. The summed E-state index contributed by atoms with van der Waals surface area (Å²) in [4.78, 5) is 12.7. The van der Waals surface area contributed by atoms with E-state index < -0.39 is 5.60 Å². The smallest absolute Gasteiger partial charge is 0.337 e. The molecule has 2 fully saturated rings. The predicted octanol–water partition coefficient (Wildman–Crippen LogP) is 3.95. The van der Waals surface area contributed by atoms with Crippen LogP contribution in [0.3, 0.4) is 0 Å². The quantitative estimate of drug-likeness (QED) is 0.725. The van der Waals surface area contributed by atoms with Gasteiger partial charge in [-0.15, -0.1) is 0 Å². The number of hydrogen-bond donors (Lipinski definition) is 0. The molecule has 3 rings (SSSR count). The van der Waals surface area contributed by atoms with Crippen molar-refractivity contribution in [3.63, 3.8) is 0 Å². The fourth-order valence-corrected chi connectivity index (χ4v) is 3.73. The van der Waals surface area contributed by atoms with Gasteiger partial charge in [-0.1, -0.05) is 19.3 Å². The van der Waals surface area contributed by atoms with Gasteiger partial charge in [-0.25, -0.2) is 4.79 Å². The lowest BCUT2D eigenvalue weighted by Crippen LogP contribution is -2.34. The summed E-state index contributed by atoms with van der Waals surface area (Å²) in [6.07, 6.45) is 7.50. The summed E-state index contributed by atoms with van der Waals surface area (Å²) in [5.41, 5.74) is 0.304. The first-order valence-electron chi connectivity index (χ1n) is 8.69. The Bertz CT molecular complexity index is 454. The second kappa shape index (κ2) is 6.23. The zero-order chi connectivity index (χ0) is 15.7. The molecule has 1 aliphatic carbocycles. The third kappa shape index (κ3) is 3.48. The van der Waals surface area contributed by atoms with Crippen molar-refractivity contribution in [2.45, 2.75) is 77.6 Å². The van der Waals surface area contributed by atoms with Crippen molar-refractivity contribution in [3.05, 3.63) is 11.3 Å². The van der Waals surface area contributed by atoms with Gasteiger partial charge in [0.25, 0.3) is 0 Å². The van der Waals surface area contributed by atoms with Crippen LogP contribution in [0.5, 0.6) is 0 Å². The Morgan fingerprint density at radius 1 is 1.14 bits per heavy atom. The minimum Gasteiger partial charge on any atom is -0.468 e. The molecular formula is C18H28O4. The van der Waals surface area contributed by atoms with Crippen LogP contribution in [0.1, 0.15) is 65.7 Å². The molecule has 2 heterocycles. The molecule has 1 saturated heterocycles. The van der Waals surface area contributed by atoms with Crippen LogP contribution in [0.25, 0.3) is 0 Å². The SMILES string of the molecule is CC(C)(C)OC(=O)C1=C(C2CCCCC2)OC2OCCC2C1. The highest BCUT2D eigenvalue weighted by Gasteiger charge is 2.41. The van der Waals surface area contributed by atoms with Crippen LogP contribution in [0.4, 0.5) is 0 Å². The van der Waals surface area contributed by atoms with Gasteiger partial charge in [-0.3, -0.25) is 0 Å². The largest absolute Gasteiger partial charge is 0.468 e. The van der Waals surface area contributed by atoms with E-state index in [-0.39, 0.29) is 12.3 Å². The molecule has 0 radical (unpaired) electrons. The maximum Gasteiger partial charge on any atom is 0.337 e. The summed E-state index contributed by atoms with van der Waals surface area (Å²) in [5.74, 6) is 1.34. The summed E-state index contributed by atoms with van der Waals surface area (Å²) < 4.78 is 17.5. The summed E-state index contributed by atoms with van der Waals surface area (Å²) >= 11 is 0. The Hall–Kier alpha value is -1.03. The molecule has 1 saturated carbocycles. The molecule has 0 aromatic carbocycles. The van der Waals surface area contributed by atoms with E-state index in [0.717, 1.165) is 43.6 Å². The molecule has 3 aliphatic rings. The van der Waals surface area contributed by atoms with Gasteiger partial charge in [0.05, 0.1) is 12.2 Å². The number of fused-ring (bicyclic) bond motifs is 1. The Labute approximate surface area is 133 Å². The third-order valence-corrected chi connectivity index (χ3v) is 4.78. The van der Waals surface area contributed by atoms with E-state index in [1.807, 2.05) is 20.8 Å². The number of ether oxygens (including phenoxy) is 3. The second-order valence-electron chi connectivity index (χ2n) is 7.79. The monoisotopic (exact) mass is 308 g/mol. The molecule has 124 valence electrons. The van der Waals surface area contributed by atoms with E-state index in [4.69, 9.17) is 14.2 Å². The molecule has 0 aromatic rings. The van der Waals surface area contributed by atoms with E-state index >= 15 is 0 Å². The molecule has 2 unspecified atom stereocenters. The summed E-state index contributed by atoms with van der Waals surface area (Å²) in [5, 5.41) is 0. The van der Waals surface area contributed by atoms with Crippen molar-refractivity contribution in [2.75, 3.05) is 6.61 Å². The van der Waals surface area contributed by atoms with Crippen LogP contribution in [0.15, 0.2) is 11.3 Å². The lowest BCUT2D eigenvalue weighted by molar-refractivity contribution is -0.154. The number of allylic oxidation sites excluding steroid dienone is 1. The lowest BCUT2D eigenvalue weighted by Gasteiger charge is -2.35. The number of rotatable bonds is 2. The van der Waals surface area contributed by atoms with E-state index in [1.165, 1.54) is 19.3 Å². The predicted molar refractivity (Wildman–Crippen MR) is 83.0 cm³/mol. The molecule has 0 N–H and O–H groups in total. The van der Waals surface area contributed by atoms with Crippen molar-refractivity contribution in [1.82, 2.24) is 0 Å². The maximum absolute atomic E-state index is 12.7. The number of carbonyl (C=O) groups is 1. The minimum absolute atomic E-state index is 0.150. The molecule has 4 nitrogen and oxygen atoms in total. The van der Waals surface area contributed by atoms with Gasteiger partial charge in [0.2, 0.25) is 6.29 Å². The highest BCUT2D eigenvalue weighted by molar-refractivity contribution is 5.89. The topological polar surface area (TPSA) is 44.8 Å². The number of carbonyl (C=O) groups excluding carboxylic acids is 1. The first-order valence-corrected chi connectivity index (χ1v) is 8.69. The Morgan fingerprint density at radius 3 is 2.55 bits per heavy atom. The van der Waals surface area contributed by atoms with Crippen molar-refractivity contribution in [1.29, 1.82) is 0 Å². The van der Waals surface area contributed by atoms with E-state index in [1.54, 1.807) is 0 Å². The van der Waals surface area contributed by atoms with Crippen molar-refractivity contribution < 1.29 is 19.0 Å². The third-order valence-electron chi connectivity index (χ3n) is 4.78. The molecular weight excluding hydrogens is 280 g/mol.